The minimum atomic E-state index is -0.999. The van der Waals surface area contributed by atoms with E-state index in [9.17, 15) is 14.7 Å². The van der Waals surface area contributed by atoms with E-state index in [0.29, 0.717) is 17.8 Å². The molecule has 3 aromatic rings. The van der Waals surface area contributed by atoms with Gasteiger partial charge in [-0.05, 0) is 67.6 Å². The molecule has 0 bridgehead atoms. The molecule has 8 nitrogen and oxygen atoms in total. The SMILES string of the molecule is CCC[C@@H](CCCCNc1ccc(C#N)cn1)N(C(=O)NCc1ccccc1)c1ccc(C(=O)O)cc1. The van der Waals surface area contributed by atoms with Crippen molar-refractivity contribution in [2.24, 2.45) is 0 Å². The van der Waals surface area contributed by atoms with Crippen molar-refractivity contribution in [1.29, 1.82) is 5.26 Å². The largest absolute Gasteiger partial charge is 0.478 e. The zero-order valence-corrected chi connectivity index (χ0v) is 21.1. The average Bonchev–Trinajstić information content (AvgIpc) is 2.93. The first-order valence-corrected chi connectivity index (χ1v) is 12.6. The Morgan fingerprint density at radius 2 is 1.78 bits per heavy atom. The van der Waals surface area contributed by atoms with Crippen LogP contribution in [-0.4, -0.2) is 34.7 Å². The number of carbonyl (C=O) groups is 2. The number of hydrogen-bond donors (Lipinski definition) is 3. The second kappa shape index (κ2) is 14.2. The molecule has 0 saturated heterocycles. The summed E-state index contributed by atoms with van der Waals surface area (Å²) in [5.74, 6) is -0.273. The quantitative estimate of drug-likeness (QED) is 0.255. The van der Waals surface area contributed by atoms with E-state index in [1.165, 1.54) is 12.1 Å². The van der Waals surface area contributed by atoms with Crippen LogP contribution in [0.2, 0.25) is 0 Å². The predicted octanol–water partition coefficient (Wildman–Crippen LogP) is 5.82. The first-order chi connectivity index (χ1) is 18.0. The van der Waals surface area contributed by atoms with Crippen LogP contribution in [-0.2, 0) is 6.54 Å². The van der Waals surface area contributed by atoms with Crippen molar-refractivity contribution in [2.45, 2.75) is 51.6 Å². The van der Waals surface area contributed by atoms with Gasteiger partial charge in [-0.1, -0.05) is 43.7 Å². The molecular weight excluding hydrogens is 466 g/mol. The van der Waals surface area contributed by atoms with Crippen LogP contribution in [0.25, 0.3) is 0 Å². The molecule has 0 unspecified atom stereocenters. The molecule has 8 heteroatoms. The lowest BCUT2D eigenvalue weighted by atomic mass is 10.0. The van der Waals surface area contributed by atoms with Gasteiger partial charge in [0.15, 0.2) is 0 Å². The summed E-state index contributed by atoms with van der Waals surface area (Å²) in [5, 5.41) is 24.5. The number of nitrogens with one attached hydrogen (secondary N) is 2. The van der Waals surface area contributed by atoms with Gasteiger partial charge in [0, 0.05) is 31.0 Å². The molecule has 1 atom stereocenters. The topological polar surface area (TPSA) is 118 Å². The van der Waals surface area contributed by atoms with Gasteiger partial charge in [-0.25, -0.2) is 14.6 Å². The van der Waals surface area contributed by atoms with E-state index in [0.717, 1.165) is 50.0 Å². The number of unbranched alkanes of at least 4 members (excludes halogenated alkanes) is 1. The number of carbonyl (C=O) groups excluding carboxylic acids is 1. The summed E-state index contributed by atoms with van der Waals surface area (Å²) in [6.45, 7) is 3.23. The van der Waals surface area contributed by atoms with Gasteiger partial charge >= 0.3 is 12.0 Å². The number of amides is 2. The number of aromatic nitrogens is 1. The third-order valence-electron chi connectivity index (χ3n) is 6.05. The maximum atomic E-state index is 13.4. The zero-order chi connectivity index (χ0) is 26.5. The Labute approximate surface area is 218 Å². The predicted molar refractivity (Wildman–Crippen MR) is 145 cm³/mol. The van der Waals surface area contributed by atoms with Crippen molar-refractivity contribution < 1.29 is 14.7 Å². The molecule has 1 heterocycles. The van der Waals surface area contributed by atoms with Crippen LogP contribution in [0.4, 0.5) is 16.3 Å². The lowest BCUT2D eigenvalue weighted by Crippen LogP contribution is -2.46. The number of hydrogen-bond acceptors (Lipinski definition) is 5. The minimum absolute atomic E-state index is 0.0375. The van der Waals surface area contributed by atoms with Crippen LogP contribution < -0.4 is 15.5 Å². The summed E-state index contributed by atoms with van der Waals surface area (Å²) < 4.78 is 0. The molecule has 2 amide bonds. The molecule has 0 saturated carbocycles. The summed E-state index contributed by atoms with van der Waals surface area (Å²) in [5.41, 5.74) is 2.39. The van der Waals surface area contributed by atoms with Crippen LogP contribution in [0.1, 0.15) is 60.5 Å². The van der Waals surface area contributed by atoms with Crippen LogP contribution in [0.15, 0.2) is 72.9 Å². The molecule has 192 valence electrons. The van der Waals surface area contributed by atoms with E-state index in [-0.39, 0.29) is 17.6 Å². The second-order valence-electron chi connectivity index (χ2n) is 8.78. The van der Waals surface area contributed by atoms with E-state index >= 15 is 0 Å². The number of nitriles is 1. The highest BCUT2D eigenvalue weighted by atomic mass is 16.4. The highest BCUT2D eigenvalue weighted by Crippen LogP contribution is 2.24. The fraction of sp³-hybridized carbons (Fsp3) is 0.310. The van der Waals surface area contributed by atoms with E-state index in [4.69, 9.17) is 5.26 Å². The van der Waals surface area contributed by atoms with Gasteiger partial charge in [0.05, 0.1) is 11.1 Å². The van der Waals surface area contributed by atoms with Crippen LogP contribution in [0, 0.1) is 11.3 Å². The zero-order valence-electron chi connectivity index (χ0n) is 21.1. The average molecular weight is 500 g/mol. The normalized spacial score (nSPS) is 11.2. The number of carboxylic acids is 1. The highest BCUT2D eigenvalue weighted by molar-refractivity contribution is 5.94. The molecule has 0 spiro atoms. The molecule has 0 aliphatic heterocycles. The minimum Gasteiger partial charge on any atom is -0.478 e. The Hall–Kier alpha value is -4.38. The smallest absolute Gasteiger partial charge is 0.335 e. The van der Waals surface area contributed by atoms with E-state index in [1.807, 2.05) is 30.3 Å². The molecule has 1 aromatic heterocycles. The molecule has 0 aliphatic rings. The van der Waals surface area contributed by atoms with E-state index in [1.54, 1.807) is 35.4 Å². The van der Waals surface area contributed by atoms with E-state index in [2.05, 4.69) is 28.6 Å². The van der Waals surface area contributed by atoms with Crippen LogP contribution in [0.3, 0.4) is 0 Å². The van der Waals surface area contributed by atoms with Gasteiger partial charge in [0.1, 0.15) is 11.9 Å². The Kier molecular flexibility index (Phi) is 10.5. The lowest BCUT2D eigenvalue weighted by molar-refractivity contribution is 0.0697. The number of pyridine rings is 1. The van der Waals surface area contributed by atoms with Crippen LogP contribution >= 0.6 is 0 Å². The van der Waals surface area contributed by atoms with Crippen molar-refractivity contribution in [3.8, 4) is 6.07 Å². The standard InChI is InChI=1S/C29H33N5O3/c1-2-8-25(11-6-7-18-31-27-17-12-23(19-30)21-32-27)34(26-15-13-24(14-16-26)28(35)36)29(37)33-20-22-9-4-3-5-10-22/h3-5,9-10,12-17,21,25H,2,6-8,11,18,20H2,1H3,(H,31,32)(H,33,37)(H,35,36)/t25-/m0/s1. The van der Waals surface area contributed by atoms with Gasteiger partial charge in [-0.2, -0.15) is 5.26 Å². The molecule has 0 fully saturated rings. The summed E-state index contributed by atoms with van der Waals surface area (Å²) in [6, 6.07) is 21.5. The number of rotatable bonds is 13. The lowest BCUT2D eigenvalue weighted by Gasteiger charge is -2.32. The van der Waals surface area contributed by atoms with E-state index < -0.39 is 5.97 Å². The molecule has 2 aromatic carbocycles. The third-order valence-corrected chi connectivity index (χ3v) is 6.05. The summed E-state index contributed by atoms with van der Waals surface area (Å²) in [4.78, 5) is 30.8. The molecule has 0 radical (unpaired) electrons. The number of benzene rings is 2. The molecular formula is C29H33N5O3. The molecule has 37 heavy (non-hydrogen) atoms. The molecule has 3 N–H and O–H groups in total. The molecule has 3 rings (SSSR count). The fourth-order valence-corrected chi connectivity index (χ4v) is 4.14. The van der Waals surface area contributed by atoms with Crippen molar-refractivity contribution >= 4 is 23.5 Å². The van der Waals surface area contributed by atoms with Crippen molar-refractivity contribution in [2.75, 3.05) is 16.8 Å². The van der Waals surface area contributed by atoms with Gasteiger partial charge in [0.2, 0.25) is 0 Å². The van der Waals surface area contributed by atoms with Crippen LogP contribution in [0.5, 0.6) is 0 Å². The van der Waals surface area contributed by atoms with Gasteiger partial charge in [-0.15, -0.1) is 0 Å². The Balaban J connectivity index is 1.66. The number of nitrogens with zero attached hydrogens (tertiary/aromatic N) is 3. The third kappa shape index (κ3) is 8.36. The van der Waals surface area contributed by atoms with Gasteiger partial charge in [0.25, 0.3) is 0 Å². The second-order valence-corrected chi connectivity index (χ2v) is 8.78. The number of carboxylic acid groups (broad SMARTS) is 1. The first kappa shape index (κ1) is 27.2. The highest BCUT2D eigenvalue weighted by Gasteiger charge is 2.25. The van der Waals surface area contributed by atoms with Gasteiger partial charge in [-0.3, -0.25) is 4.90 Å². The fourth-order valence-electron chi connectivity index (χ4n) is 4.14. The maximum absolute atomic E-state index is 13.4. The summed E-state index contributed by atoms with van der Waals surface area (Å²) in [7, 11) is 0. The number of urea groups is 1. The van der Waals surface area contributed by atoms with Crippen molar-refractivity contribution in [1.82, 2.24) is 10.3 Å². The Morgan fingerprint density at radius 3 is 2.41 bits per heavy atom. The first-order valence-electron chi connectivity index (χ1n) is 12.6. The summed E-state index contributed by atoms with van der Waals surface area (Å²) >= 11 is 0. The number of anilines is 2. The van der Waals surface area contributed by atoms with Crippen molar-refractivity contribution in [3.63, 3.8) is 0 Å². The van der Waals surface area contributed by atoms with Crippen molar-refractivity contribution in [3.05, 3.63) is 89.6 Å². The van der Waals surface area contributed by atoms with Gasteiger partial charge < -0.3 is 15.7 Å². The Bertz CT molecular complexity index is 1170. The monoisotopic (exact) mass is 499 g/mol. The molecule has 0 aliphatic carbocycles. The Morgan fingerprint density at radius 1 is 1.03 bits per heavy atom. The number of aromatic carboxylic acids is 1. The maximum Gasteiger partial charge on any atom is 0.335 e. The summed E-state index contributed by atoms with van der Waals surface area (Å²) in [6.07, 6.45) is 5.86.